The Kier molecular flexibility index (Phi) is 4.74. The number of carbonyl (C=O) groups excluding carboxylic acids is 1. The zero-order valence-corrected chi connectivity index (χ0v) is 11.4. The molecule has 0 N–H and O–H groups in total. The van der Waals surface area contributed by atoms with Gasteiger partial charge in [-0.05, 0) is 17.6 Å². The number of allylic oxidation sites excluding steroid dienone is 1. The molecule has 0 saturated carbocycles. The van der Waals surface area contributed by atoms with Crippen molar-refractivity contribution >= 4 is 5.97 Å². The molecule has 0 spiro atoms. The summed E-state index contributed by atoms with van der Waals surface area (Å²) in [6.45, 7) is 4.76. The maximum Gasteiger partial charge on any atom is 0.303 e. The topological polar surface area (TPSA) is 35.5 Å². The van der Waals surface area contributed by atoms with Crippen molar-refractivity contribution in [2.45, 2.75) is 26.6 Å². The van der Waals surface area contributed by atoms with Gasteiger partial charge in [-0.3, -0.25) is 4.79 Å². The predicted molar refractivity (Wildman–Crippen MR) is 73.4 cm³/mol. The first-order valence-electron chi connectivity index (χ1n) is 6.64. The SMILES string of the molecule is CC(=O)O[C@H]1C=C[C@@H](C)[C@@H]1COCc1ccccc1. The minimum absolute atomic E-state index is 0.150. The number of ether oxygens (including phenoxy) is 2. The molecule has 1 aliphatic rings. The van der Waals surface area contributed by atoms with Crippen LogP contribution >= 0.6 is 0 Å². The van der Waals surface area contributed by atoms with Gasteiger partial charge in [-0.25, -0.2) is 0 Å². The second kappa shape index (κ2) is 6.53. The van der Waals surface area contributed by atoms with Crippen LogP contribution in [-0.4, -0.2) is 18.7 Å². The summed E-state index contributed by atoms with van der Waals surface area (Å²) in [4.78, 5) is 11.1. The molecule has 1 aromatic carbocycles. The highest BCUT2D eigenvalue weighted by molar-refractivity contribution is 5.66. The lowest BCUT2D eigenvalue weighted by Crippen LogP contribution is -2.28. The van der Waals surface area contributed by atoms with Gasteiger partial charge in [0, 0.05) is 12.8 Å². The molecule has 0 aromatic heterocycles. The summed E-state index contributed by atoms with van der Waals surface area (Å²) < 4.78 is 11.0. The summed E-state index contributed by atoms with van der Waals surface area (Å²) in [5.41, 5.74) is 1.16. The molecule has 0 unspecified atom stereocenters. The first-order valence-corrected chi connectivity index (χ1v) is 6.64. The van der Waals surface area contributed by atoms with E-state index < -0.39 is 0 Å². The van der Waals surface area contributed by atoms with Crippen LogP contribution in [0.5, 0.6) is 0 Å². The Morgan fingerprint density at radius 1 is 1.21 bits per heavy atom. The van der Waals surface area contributed by atoms with Crippen molar-refractivity contribution in [3.05, 3.63) is 48.0 Å². The molecule has 3 atom stereocenters. The number of rotatable bonds is 5. The van der Waals surface area contributed by atoms with E-state index >= 15 is 0 Å². The Bertz CT molecular complexity index is 439. The standard InChI is InChI=1S/C16H20O3/c1-12-8-9-16(19-13(2)17)15(12)11-18-10-14-6-4-3-5-7-14/h3-9,12,15-16H,10-11H2,1-2H3/t12-,15+,16+/m1/s1. The molecule has 19 heavy (non-hydrogen) atoms. The minimum atomic E-state index is -0.239. The van der Waals surface area contributed by atoms with Crippen LogP contribution < -0.4 is 0 Å². The second-order valence-electron chi connectivity index (χ2n) is 4.98. The Hall–Kier alpha value is -1.61. The molecule has 3 heteroatoms. The summed E-state index contributed by atoms with van der Waals surface area (Å²) in [7, 11) is 0. The van der Waals surface area contributed by atoms with E-state index in [4.69, 9.17) is 9.47 Å². The number of hydrogen-bond acceptors (Lipinski definition) is 3. The molecule has 0 radical (unpaired) electrons. The summed E-state index contributed by atoms with van der Waals surface area (Å²) >= 11 is 0. The van der Waals surface area contributed by atoms with Crippen LogP contribution in [0.4, 0.5) is 0 Å². The fourth-order valence-corrected chi connectivity index (χ4v) is 2.32. The van der Waals surface area contributed by atoms with Crippen molar-refractivity contribution in [3.63, 3.8) is 0 Å². The van der Waals surface area contributed by atoms with Gasteiger partial charge in [0.2, 0.25) is 0 Å². The van der Waals surface area contributed by atoms with Crippen LogP contribution in [0.1, 0.15) is 19.4 Å². The zero-order chi connectivity index (χ0) is 13.7. The van der Waals surface area contributed by atoms with Gasteiger partial charge >= 0.3 is 5.97 Å². The monoisotopic (exact) mass is 260 g/mol. The van der Waals surface area contributed by atoms with Crippen LogP contribution in [0.3, 0.4) is 0 Å². The van der Waals surface area contributed by atoms with Crippen LogP contribution in [0.15, 0.2) is 42.5 Å². The molecule has 0 amide bonds. The highest BCUT2D eigenvalue weighted by Gasteiger charge is 2.31. The number of esters is 1. The first kappa shape index (κ1) is 13.8. The normalized spacial score (nSPS) is 25.5. The summed E-state index contributed by atoms with van der Waals surface area (Å²) in [5, 5.41) is 0. The van der Waals surface area contributed by atoms with Crippen molar-refractivity contribution in [1.82, 2.24) is 0 Å². The highest BCUT2D eigenvalue weighted by atomic mass is 16.5. The smallest absolute Gasteiger partial charge is 0.303 e. The van der Waals surface area contributed by atoms with Crippen molar-refractivity contribution in [2.24, 2.45) is 11.8 Å². The average Bonchev–Trinajstić information content (AvgIpc) is 2.72. The quantitative estimate of drug-likeness (QED) is 0.603. The Morgan fingerprint density at radius 2 is 1.95 bits per heavy atom. The molecule has 0 aliphatic heterocycles. The van der Waals surface area contributed by atoms with Crippen LogP contribution in [0.2, 0.25) is 0 Å². The second-order valence-corrected chi connectivity index (χ2v) is 4.98. The Balaban J connectivity index is 1.82. The minimum Gasteiger partial charge on any atom is -0.458 e. The van der Waals surface area contributed by atoms with Gasteiger partial charge in [-0.15, -0.1) is 0 Å². The van der Waals surface area contributed by atoms with Crippen molar-refractivity contribution < 1.29 is 14.3 Å². The van der Waals surface area contributed by atoms with Crippen molar-refractivity contribution in [2.75, 3.05) is 6.61 Å². The van der Waals surface area contributed by atoms with Gasteiger partial charge in [0.1, 0.15) is 6.10 Å². The predicted octanol–water partition coefficient (Wildman–Crippen LogP) is 2.96. The Morgan fingerprint density at radius 3 is 2.63 bits per heavy atom. The molecule has 1 aliphatic carbocycles. The molecule has 0 saturated heterocycles. The number of hydrogen-bond donors (Lipinski definition) is 0. The number of carbonyl (C=O) groups is 1. The van der Waals surface area contributed by atoms with E-state index in [-0.39, 0.29) is 18.0 Å². The Labute approximate surface area is 114 Å². The molecule has 0 fully saturated rings. The van der Waals surface area contributed by atoms with Crippen molar-refractivity contribution in [3.8, 4) is 0 Å². The van der Waals surface area contributed by atoms with Gasteiger partial charge in [-0.2, -0.15) is 0 Å². The van der Waals surface area contributed by atoms with E-state index in [1.54, 1.807) is 0 Å². The van der Waals surface area contributed by atoms with Gasteiger partial charge in [0.15, 0.2) is 0 Å². The van der Waals surface area contributed by atoms with E-state index in [0.29, 0.717) is 19.1 Å². The molecule has 1 aromatic rings. The fourth-order valence-electron chi connectivity index (χ4n) is 2.32. The molecule has 2 rings (SSSR count). The molecule has 0 heterocycles. The van der Waals surface area contributed by atoms with E-state index in [9.17, 15) is 4.79 Å². The lowest BCUT2D eigenvalue weighted by atomic mass is 9.96. The molecular weight excluding hydrogens is 240 g/mol. The maximum atomic E-state index is 11.1. The molecule has 0 bridgehead atoms. The number of benzene rings is 1. The van der Waals surface area contributed by atoms with Gasteiger partial charge in [0.25, 0.3) is 0 Å². The zero-order valence-electron chi connectivity index (χ0n) is 11.4. The van der Waals surface area contributed by atoms with E-state index in [2.05, 4.69) is 13.0 Å². The van der Waals surface area contributed by atoms with Crippen LogP contribution in [-0.2, 0) is 20.9 Å². The lowest BCUT2D eigenvalue weighted by molar-refractivity contribution is -0.147. The lowest BCUT2D eigenvalue weighted by Gasteiger charge is -2.22. The highest BCUT2D eigenvalue weighted by Crippen LogP contribution is 2.28. The average molecular weight is 260 g/mol. The summed E-state index contributed by atoms with van der Waals surface area (Å²) in [5.74, 6) is 0.351. The first-order chi connectivity index (χ1) is 9.16. The van der Waals surface area contributed by atoms with Gasteiger partial charge < -0.3 is 9.47 Å². The maximum absolute atomic E-state index is 11.1. The van der Waals surface area contributed by atoms with E-state index in [1.165, 1.54) is 6.92 Å². The molecule has 3 nitrogen and oxygen atoms in total. The fraction of sp³-hybridized carbons (Fsp3) is 0.438. The van der Waals surface area contributed by atoms with Crippen LogP contribution in [0.25, 0.3) is 0 Å². The summed E-state index contributed by atoms with van der Waals surface area (Å²) in [6.07, 6.45) is 3.90. The third kappa shape index (κ3) is 3.93. The largest absolute Gasteiger partial charge is 0.458 e. The molecule has 102 valence electrons. The van der Waals surface area contributed by atoms with E-state index in [1.807, 2.05) is 36.4 Å². The van der Waals surface area contributed by atoms with Gasteiger partial charge in [0.05, 0.1) is 13.2 Å². The third-order valence-corrected chi connectivity index (χ3v) is 3.43. The van der Waals surface area contributed by atoms with Gasteiger partial charge in [-0.1, -0.05) is 43.3 Å². The summed E-state index contributed by atoms with van der Waals surface area (Å²) in [6, 6.07) is 10.1. The van der Waals surface area contributed by atoms with E-state index in [0.717, 1.165) is 5.56 Å². The third-order valence-electron chi connectivity index (χ3n) is 3.43. The van der Waals surface area contributed by atoms with Crippen molar-refractivity contribution in [1.29, 1.82) is 0 Å². The van der Waals surface area contributed by atoms with Crippen LogP contribution in [0, 0.1) is 11.8 Å². The molecular formula is C16H20O3.